The van der Waals surface area contributed by atoms with Gasteiger partial charge in [-0.1, -0.05) is 0 Å². The van der Waals surface area contributed by atoms with Gasteiger partial charge < -0.3 is 19.9 Å². The molecule has 1 heterocycles. The number of hydrogen-bond donors (Lipinski definition) is 2. The maximum atomic E-state index is 11.1. The van der Waals surface area contributed by atoms with Crippen molar-refractivity contribution in [3.63, 3.8) is 0 Å². The van der Waals surface area contributed by atoms with E-state index in [4.69, 9.17) is 9.84 Å². The van der Waals surface area contributed by atoms with E-state index in [1.54, 1.807) is 6.07 Å². The summed E-state index contributed by atoms with van der Waals surface area (Å²) in [4.78, 5) is 11.1. The number of nitrogens with one attached hydrogen (secondary N) is 1. The molecule has 0 bridgehead atoms. The average molecular weight is 241 g/mol. The van der Waals surface area contributed by atoms with Gasteiger partial charge >= 0.3 is 5.97 Å². The lowest BCUT2D eigenvalue weighted by Gasteiger charge is -2.05. The second kappa shape index (κ2) is 7.53. The largest absolute Gasteiger partial charge is 0.464 e. The monoisotopic (exact) mass is 241 g/mol. The van der Waals surface area contributed by atoms with Crippen LogP contribution in [0.5, 0.6) is 0 Å². The van der Waals surface area contributed by atoms with Crippen molar-refractivity contribution in [3.05, 3.63) is 17.8 Å². The van der Waals surface area contributed by atoms with E-state index in [0.29, 0.717) is 25.6 Å². The Morgan fingerprint density at radius 3 is 2.82 bits per heavy atom. The lowest BCUT2D eigenvalue weighted by molar-refractivity contribution is 0.0592. The predicted molar refractivity (Wildman–Crippen MR) is 59.8 cm³/mol. The zero-order valence-electron chi connectivity index (χ0n) is 9.55. The molecule has 0 saturated carbocycles. The molecular weight excluding hydrogens is 226 g/mol. The maximum absolute atomic E-state index is 11.1. The highest BCUT2D eigenvalue weighted by atomic mass is 16.5. The highest BCUT2D eigenvalue weighted by Crippen LogP contribution is 2.02. The van der Waals surface area contributed by atoms with E-state index in [9.17, 15) is 4.79 Å². The zero-order chi connectivity index (χ0) is 12.5. The molecule has 94 valence electrons. The Morgan fingerprint density at radius 1 is 1.41 bits per heavy atom. The summed E-state index contributed by atoms with van der Waals surface area (Å²) in [5.74, 6) is 0.0283. The van der Waals surface area contributed by atoms with Crippen LogP contribution in [0.1, 0.15) is 10.5 Å². The van der Waals surface area contributed by atoms with Crippen LogP contribution in [0, 0.1) is 0 Å². The summed E-state index contributed by atoms with van der Waals surface area (Å²) < 4.78 is 9.55. The van der Waals surface area contributed by atoms with Gasteiger partial charge in [0.15, 0.2) is 5.69 Å². The number of carbonyl (C=O) groups is 1. The van der Waals surface area contributed by atoms with Gasteiger partial charge in [0.1, 0.15) is 5.82 Å². The highest BCUT2D eigenvalue weighted by Gasteiger charge is 2.06. The fourth-order valence-electron chi connectivity index (χ4n) is 1.06. The first-order chi connectivity index (χ1) is 8.27. The SMILES string of the molecule is COC(=O)c1ccc(NCCOCCO)nn1. The smallest absolute Gasteiger partial charge is 0.358 e. The molecule has 1 aromatic heterocycles. The number of rotatable bonds is 7. The molecule has 7 nitrogen and oxygen atoms in total. The summed E-state index contributed by atoms with van der Waals surface area (Å²) >= 11 is 0. The number of aliphatic hydroxyl groups excluding tert-OH is 1. The lowest BCUT2D eigenvalue weighted by Crippen LogP contribution is -2.13. The van der Waals surface area contributed by atoms with Gasteiger partial charge in [-0.05, 0) is 12.1 Å². The van der Waals surface area contributed by atoms with Crippen LogP contribution in [0.4, 0.5) is 5.82 Å². The number of anilines is 1. The number of methoxy groups -OCH3 is 1. The summed E-state index contributed by atoms with van der Waals surface area (Å²) in [6, 6.07) is 3.15. The van der Waals surface area contributed by atoms with Gasteiger partial charge in [0.25, 0.3) is 0 Å². The van der Waals surface area contributed by atoms with Gasteiger partial charge in [0.05, 0.1) is 26.9 Å². The second-order valence-electron chi connectivity index (χ2n) is 3.06. The van der Waals surface area contributed by atoms with Crippen molar-refractivity contribution in [2.24, 2.45) is 0 Å². The molecule has 0 unspecified atom stereocenters. The fourth-order valence-corrected chi connectivity index (χ4v) is 1.06. The Balaban J connectivity index is 2.33. The summed E-state index contributed by atoms with van der Waals surface area (Å²) in [6.07, 6.45) is 0. The molecule has 2 N–H and O–H groups in total. The standard InChI is InChI=1S/C10H15N3O4/c1-16-10(15)8-2-3-9(13-12-8)11-4-6-17-7-5-14/h2-3,14H,4-7H2,1H3,(H,11,13). The highest BCUT2D eigenvalue weighted by molar-refractivity contribution is 5.86. The van der Waals surface area contributed by atoms with Crippen LogP contribution in [0.15, 0.2) is 12.1 Å². The van der Waals surface area contributed by atoms with E-state index >= 15 is 0 Å². The quantitative estimate of drug-likeness (QED) is 0.499. The number of hydrogen-bond acceptors (Lipinski definition) is 7. The number of aromatic nitrogens is 2. The van der Waals surface area contributed by atoms with E-state index in [2.05, 4.69) is 20.3 Å². The Labute approximate surface area is 98.8 Å². The fraction of sp³-hybridized carbons (Fsp3) is 0.500. The van der Waals surface area contributed by atoms with Crippen LogP contribution in [-0.4, -0.2) is 54.7 Å². The van der Waals surface area contributed by atoms with Crippen molar-refractivity contribution in [2.45, 2.75) is 0 Å². The number of nitrogens with zero attached hydrogens (tertiary/aromatic N) is 2. The number of esters is 1. The minimum Gasteiger partial charge on any atom is -0.464 e. The first-order valence-electron chi connectivity index (χ1n) is 5.12. The van der Waals surface area contributed by atoms with Crippen LogP contribution in [0.25, 0.3) is 0 Å². The van der Waals surface area contributed by atoms with E-state index < -0.39 is 5.97 Å². The molecule has 0 aromatic carbocycles. The van der Waals surface area contributed by atoms with Gasteiger partial charge in [-0.15, -0.1) is 10.2 Å². The van der Waals surface area contributed by atoms with E-state index in [1.807, 2.05) is 0 Å². The van der Waals surface area contributed by atoms with E-state index in [1.165, 1.54) is 13.2 Å². The first-order valence-corrected chi connectivity index (χ1v) is 5.12. The van der Waals surface area contributed by atoms with Gasteiger partial charge in [-0.3, -0.25) is 0 Å². The molecule has 7 heteroatoms. The van der Waals surface area contributed by atoms with Crippen LogP contribution >= 0.6 is 0 Å². The Kier molecular flexibility index (Phi) is 5.91. The molecule has 0 radical (unpaired) electrons. The van der Waals surface area contributed by atoms with Crippen molar-refractivity contribution >= 4 is 11.8 Å². The summed E-state index contributed by atoms with van der Waals surface area (Å²) in [5, 5.41) is 18.9. The Hall–Kier alpha value is -1.73. The number of aliphatic hydroxyl groups is 1. The van der Waals surface area contributed by atoms with Gasteiger partial charge in [-0.25, -0.2) is 4.79 Å². The first kappa shape index (κ1) is 13.3. The lowest BCUT2D eigenvalue weighted by atomic mass is 10.4. The summed E-state index contributed by atoms with van der Waals surface area (Å²) in [7, 11) is 1.29. The molecule has 0 aliphatic carbocycles. The topological polar surface area (TPSA) is 93.6 Å². The molecule has 17 heavy (non-hydrogen) atoms. The summed E-state index contributed by atoms with van der Waals surface area (Å²) in [6.45, 7) is 1.33. The molecule has 0 spiro atoms. The molecular formula is C10H15N3O4. The minimum absolute atomic E-state index is 0.00757. The molecule has 1 rings (SSSR count). The van der Waals surface area contributed by atoms with Crippen molar-refractivity contribution in [1.82, 2.24) is 10.2 Å². The van der Waals surface area contributed by atoms with Crippen LogP contribution in [-0.2, 0) is 9.47 Å². The Morgan fingerprint density at radius 2 is 2.24 bits per heavy atom. The van der Waals surface area contributed by atoms with E-state index in [-0.39, 0.29) is 12.3 Å². The third-order valence-electron chi connectivity index (χ3n) is 1.85. The Bertz CT molecular complexity index is 342. The third kappa shape index (κ3) is 4.75. The zero-order valence-corrected chi connectivity index (χ0v) is 9.55. The van der Waals surface area contributed by atoms with Crippen molar-refractivity contribution in [2.75, 3.05) is 38.8 Å². The normalized spacial score (nSPS) is 10.0. The maximum Gasteiger partial charge on any atom is 0.358 e. The molecule has 0 atom stereocenters. The van der Waals surface area contributed by atoms with Crippen molar-refractivity contribution in [1.29, 1.82) is 0 Å². The van der Waals surface area contributed by atoms with Crippen molar-refractivity contribution in [3.8, 4) is 0 Å². The predicted octanol–water partition coefficient (Wildman–Crippen LogP) is -0.316. The van der Waals surface area contributed by atoms with Gasteiger partial charge in [0.2, 0.25) is 0 Å². The molecule has 0 saturated heterocycles. The minimum atomic E-state index is -0.518. The van der Waals surface area contributed by atoms with Crippen LogP contribution in [0.2, 0.25) is 0 Å². The van der Waals surface area contributed by atoms with Gasteiger partial charge in [-0.2, -0.15) is 0 Å². The summed E-state index contributed by atoms with van der Waals surface area (Å²) in [5.41, 5.74) is 0.162. The number of ether oxygens (including phenoxy) is 2. The molecule has 0 aliphatic rings. The van der Waals surface area contributed by atoms with Crippen LogP contribution < -0.4 is 5.32 Å². The van der Waals surface area contributed by atoms with Crippen molar-refractivity contribution < 1.29 is 19.4 Å². The van der Waals surface area contributed by atoms with Gasteiger partial charge in [0, 0.05) is 6.54 Å². The third-order valence-corrected chi connectivity index (χ3v) is 1.85. The van der Waals surface area contributed by atoms with E-state index in [0.717, 1.165) is 0 Å². The second-order valence-corrected chi connectivity index (χ2v) is 3.06. The molecule has 0 fully saturated rings. The molecule has 0 aliphatic heterocycles. The molecule has 1 aromatic rings. The number of carbonyl (C=O) groups excluding carboxylic acids is 1. The average Bonchev–Trinajstić information content (AvgIpc) is 2.38. The van der Waals surface area contributed by atoms with Crippen LogP contribution in [0.3, 0.4) is 0 Å². The molecule has 0 amide bonds.